The topological polar surface area (TPSA) is 12.9 Å². The van der Waals surface area contributed by atoms with Gasteiger partial charge in [0.1, 0.15) is 0 Å². The molecule has 0 amide bonds. The second-order valence-corrected chi connectivity index (χ2v) is 6.73. The lowest BCUT2D eigenvalue weighted by molar-refractivity contribution is 1.37. The number of hydrogen-bond acceptors (Lipinski definition) is 1. The zero-order valence-electron chi connectivity index (χ0n) is 10.3. The first-order valence-corrected chi connectivity index (χ1v) is 7.68. The maximum atomic E-state index is 4.33. The van der Waals surface area contributed by atoms with Crippen LogP contribution in [0.15, 0.2) is 73.1 Å². The van der Waals surface area contributed by atoms with Crippen molar-refractivity contribution in [2.45, 2.75) is 0 Å². The quantitative estimate of drug-likeness (QED) is 0.449. The normalized spacial score (nSPS) is 12.1. The van der Waals surface area contributed by atoms with Crippen LogP contribution in [0.25, 0.3) is 26.3 Å². The van der Waals surface area contributed by atoms with Crippen LogP contribution in [-0.4, -0.2) is 4.98 Å². The van der Waals surface area contributed by atoms with E-state index in [1.165, 1.54) is 26.3 Å². The first-order valence-electron chi connectivity index (χ1n) is 6.34. The molecule has 1 unspecified atom stereocenters. The van der Waals surface area contributed by atoms with Crippen LogP contribution in [0.5, 0.6) is 0 Å². The summed E-state index contributed by atoms with van der Waals surface area (Å²) in [4.78, 5) is 4.33. The lowest BCUT2D eigenvalue weighted by Crippen LogP contribution is -1.68. The van der Waals surface area contributed by atoms with Gasteiger partial charge in [-0.15, -0.1) is 0 Å². The van der Waals surface area contributed by atoms with Crippen molar-refractivity contribution in [2.75, 3.05) is 0 Å². The Balaban J connectivity index is 2.24. The zero-order valence-corrected chi connectivity index (χ0v) is 11.2. The first-order chi connectivity index (χ1) is 9.45. The Bertz CT molecular complexity index is 809. The summed E-state index contributed by atoms with van der Waals surface area (Å²) in [5.41, 5.74) is 0. The summed E-state index contributed by atoms with van der Waals surface area (Å²) in [7, 11) is -0.434. The van der Waals surface area contributed by atoms with E-state index < -0.39 is 7.53 Å². The summed E-state index contributed by atoms with van der Waals surface area (Å²) >= 11 is 0. The van der Waals surface area contributed by atoms with Crippen molar-refractivity contribution < 1.29 is 0 Å². The van der Waals surface area contributed by atoms with E-state index in [2.05, 4.69) is 65.6 Å². The molecule has 19 heavy (non-hydrogen) atoms. The second kappa shape index (κ2) is 4.22. The molecule has 1 atom stereocenters. The molecular formula is C17H12NP. The van der Waals surface area contributed by atoms with E-state index >= 15 is 0 Å². The van der Waals surface area contributed by atoms with E-state index in [1.807, 2.05) is 12.4 Å². The molecule has 2 heterocycles. The summed E-state index contributed by atoms with van der Waals surface area (Å²) in [6, 6.07) is 21.6. The van der Waals surface area contributed by atoms with E-state index in [0.717, 1.165) is 0 Å². The minimum absolute atomic E-state index is 0.434. The molecule has 2 aromatic carbocycles. The van der Waals surface area contributed by atoms with Crippen LogP contribution in [0.4, 0.5) is 0 Å². The fraction of sp³-hybridized carbons (Fsp3) is 0. The third-order valence-corrected chi connectivity index (χ3v) is 6.01. The van der Waals surface area contributed by atoms with Gasteiger partial charge < -0.3 is 0 Å². The number of aromatic nitrogens is 1. The number of fused-ring (bicyclic) bond motifs is 3. The van der Waals surface area contributed by atoms with Crippen LogP contribution in [-0.2, 0) is 0 Å². The highest BCUT2D eigenvalue weighted by Crippen LogP contribution is 2.54. The predicted octanol–water partition coefficient (Wildman–Crippen LogP) is 5.36. The van der Waals surface area contributed by atoms with Gasteiger partial charge in [-0.25, -0.2) is 0 Å². The van der Waals surface area contributed by atoms with Crippen molar-refractivity contribution in [2.24, 2.45) is 0 Å². The Morgan fingerprint density at radius 1 is 0.684 bits per heavy atom. The number of nitrogens with zero attached hydrogens (tertiary/aromatic N) is 1. The minimum atomic E-state index is -0.434. The van der Waals surface area contributed by atoms with Crippen LogP contribution in [0.3, 0.4) is 0 Å². The lowest BCUT2D eigenvalue weighted by Gasteiger charge is -2.02. The number of hydrogen-bond donors (Lipinski definition) is 0. The van der Waals surface area contributed by atoms with Gasteiger partial charge in [-0.1, -0.05) is 62.1 Å². The van der Waals surface area contributed by atoms with Crippen molar-refractivity contribution in [1.29, 1.82) is 0 Å². The van der Waals surface area contributed by atoms with Gasteiger partial charge in [0.2, 0.25) is 0 Å². The molecule has 4 rings (SSSR count). The number of pyridine rings is 1. The van der Waals surface area contributed by atoms with Crippen molar-refractivity contribution in [3.05, 3.63) is 73.1 Å². The SMILES string of the molecule is c1ccc(-p2c3ccccc3c3ccncc32)cc1. The summed E-state index contributed by atoms with van der Waals surface area (Å²) < 4.78 is 0. The molecule has 0 saturated heterocycles. The standard InChI is InChI=1S/C17H12NP/c1-2-6-13(7-3-1)19-16-9-5-4-8-14(16)15-10-11-18-12-17(15)19/h1-12H. The molecule has 2 aromatic heterocycles. The van der Waals surface area contributed by atoms with Gasteiger partial charge >= 0.3 is 0 Å². The second-order valence-electron chi connectivity index (χ2n) is 4.58. The monoisotopic (exact) mass is 261 g/mol. The van der Waals surface area contributed by atoms with Crippen molar-refractivity contribution >= 4 is 28.5 Å². The van der Waals surface area contributed by atoms with Crippen LogP contribution < -0.4 is 0 Å². The van der Waals surface area contributed by atoms with Gasteiger partial charge in [-0.3, -0.25) is 4.98 Å². The number of benzene rings is 2. The van der Waals surface area contributed by atoms with Crippen molar-refractivity contribution in [1.82, 2.24) is 4.98 Å². The largest absolute Gasteiger partial charge is 0.264 e. The predicted molar refractivity (Wildman–Crippen MR) is 83.3 cm³/mol. The maximum Gasteiger partial charge on any atom is 0.0389 e. The fourth-order valence-electron chi connectivity index (χ4n) is 2.67. The summed E-state index contributed by atoms with van der Waals surface area (Å²) in [5.74, 6) is 0. The van der Waals surface area contributed by atoms with Gasteiger partial charge in [0.15, 0.2) is 0 Å². The van der Waals surface area contributed by atoms with E-state index in [-0.39, 0.29) is 0 Å². The van der Waals surface area contributed by atoms with Gasteiger partial charge in [0, 0.05) is 22.6 Å². The maximum absolute atomic E-state index is 4.33. The van der Waals surface area contributed by atoms with Crippen LogP contribution >= 0.6 is 7.53 Å². The smallest absolute Gasteiger partial charge is 0.0389 e. The van der Waals surface area contributed by atoms with E-state index in [1.54, 1.807) is 0 Å². The van der Waals surface area contributed by atoms with Crippen molar-refractivity contribution in [3.8, 4) is 5.30 Å². The molecule has 0 spiro atoms. The Hall–Kier alpha value is -2.11. The molecule has 0 saturated carbocycles. The average molecular weight is 261 g/mol. The number of rotatable bonds is 1. The van der Waals surface area contributed by atoms with Gasteiger partial charge in [-0.05, 0) is 22.1 Å². The Kier molecular flexibility index (Phi) is 2.39. The summed E-state index contributed by atoms with van der Waals surface area (Å²) in [6.45, 7) is 0. The molecule has 0 N–H and O–H groups in total. The molecule has 4 aromatic rings. The summed E-state index contributed by atoms with van der Waals surface area (Å²) in [5, 5.41) is 6.95. The third kappa shape index (κ3) is 1.59. The molecule has 0 aliphatic carbocycles. The molecular weight excluding hydrogens is 249 g/mol. The molecule has 0 aliphatic rings. The van der Waals surface area contributed by atoms with Crippen LogP contribution in [0, 0.1) is 0 Å². The van der Waals surface area contributed by atoms with Gasteiger partial charge in [-0.2, -0.15) is 0 Å². The highest BCUT2D eigenvalue weighted by molar-refractivity contribution is 7.67. The Labute approximate surface area is 112 Å². The highest BCUT2D eigenvalue weighted by atomic mass is 31.1. The molecule has 0 bridgehead atoms. The van der Waals surface area contributed by atoms with E-state index in [0.29, 0.717) is 0 Å². The van der Waals surface area contributed by atoms with Gasteiger partial charge in [0.25, 0.3) is 0 Å². The van der Waals surface area contributed by atoms with E-state index in [9.17, 15) is 0 Å². The van der Waals surface area contributed by atoms with Crippen molar-refractivity contribution in [3.63, 3.8) is 0 Å². The van der Waals surface area contributed by atoms with E-state index in [4.69, 9.17) is 0 Å². The molecule has 0 radical (unpaired) electrons. The molecule has 1 nitrogen and oxygen atoms in total. The third-order valence-electron chi connectivity index (χ3n) is 3.49. The zero-order chi connectivity index (χ0) is 12.7. The highest BCUT2D eigenvalue weighted by Gasteiger charge is 2.12. The molecule has 2 heteroatoms. The minimum Gasteiger partial charge on any atom is -0.264 e. The first kappa shape index (κ1) is 10.8. The molecule has 0 aliphatic heterocycles. The molecule has 0 fully saturated rings. The fourth-order valence-corrected chi connectivity index (χ4v) is 5.25. The summed E-state index contributed by atoms with van der Waals surface area (Å²) in [6.07, 6.45) is 3.92. The Morgan fingerprint density at radius 3 is 2.32 bits per heavy atom. The molecule has 90 valence electrons. The van der Waals surface area contributed by atoms with Gasteiger partial charge in [0.05, 0.1) is 0 Å². The van der Waals surface area contributed by atoms with Crippen LogP contribution in [0.1, 0.15) is 0 Å². The van der Waals surface area contributed by atoms with Crippen LogP contribution in [0.2, 0.25) is 0 Å². The lowest BCUT2D eigenvalue weighted by atomic mass is 10.2. The average Bonchev–Trinajstić information content (AvgIpc) is 2.83. The Morgan fingerprint density at radius 2 is 1.42 bits per heavy atom.